The summed E-state index contributed by atoms with van der Waals surface area (Å²) in [5, 5.41) is 11.9. The Hall–Kier alpha value is -1.88. The number of hydrogen-bond acceptors (Lipinski definition) is 4. The smallest absolute Gasteiger partial charge is 0.338 e. The molecule has 0 radical (unpaired) electrons. The van der Waals surface area contributed by atoms with Crippen molar-refractivity contribution < 1.29 is 19.4 Å². The molecule has 1 fully saturated rings. The molecule has 1 amide bonds. The largest absolute Gasteiger partial charge is 0.449 e. The summed E-state index contributed by atoms with van der Waals surface area (Å²) in [6, 6.07) is 6.48. The summed E-state index contributed by atoms with van der Waals surface area (Å²) in [5.41, 5.74) is 1.09. The summed E-state index contributed by atoms with van der Waals surface area (Å²) in [7, 11) is 0. The van der Waals surface area contributed by atoms with Crippen LogP contribution in [0.5, 0.6) is 0 Å². The normalized spacial score (nSPS) is 16.6. The predicted octanol–water partition coefficient (Wildman–Crippen LogP) is 2.42. The molecule has 1 saturated carbocycles. The fraction of sp³-hybridized carbons (Fsp3) is 0.556. The minimum absolute atomic E-state index is 0.0741. The van der Waals surface area contributed by atoms with E-state index in [9.17, 15) is 9.59 Å². The molecule has 0 aliphatic heterocycles. The SMILES string of the molecule is C[C@@H](OC(=O)c1ccc(CO)cc1)C(=O)NCC1CCCCC1. The Bertz CT molecular complexity index is 520. The van der Waals surface area contributed by atoms with Crippen molar-refractivity contribution in [2.24, 2.45) is 5.92 Å². The van der Waals surface area contributed by atoms with Crippen molar-refractivity contribution in [3.05, 3.63) is 35.4 Å². The first-order chi connectivity index (χ1) is 11.1. The number of rotatable bonds is 6. The third kappa shape index (κ3) is 5.36. The molecule has 0 aromatic heterocycles. The van der Waals surface area contributed by atoms with E-state index in [1.807, 2.05) is 0 Å². The van der Waals surface area contributed by atoms with E-state index in [2.05, 4.69) is 5.32 Å². The van der Waals surface area contributed by atoms with Crippen LogP contribution in [-0.2, 0) is 16.1 Å². The van der Waals surface area contributed by atoms with Crippen molar-refractivity contribution in [2.75, 3.05) is 6.54 Å². The van der Waals surface area contributed by atoms with Gasteiger partial charge in [-0.05, 0) is 43.4 Å². The molecule has 0 bridgehead atoms. The van der Waals surface area contributed by atoms with Gasteiger partial charge in [0.15, 0.2) is 6.10 Å². The second-order valence-corrected chi connectivity index (χ2v) is 6.15. The molecule has 0 spiro atoms. The van der Waals surface area contributed by atoms with Crippen molar-refractivity contribution in [3.8, 4) is 0 Å². The van der Waals surface area contributed by atoms with Crippen LogP contribution in [0, 0.1) is 5.92 Å². The van der Waals surface area contributed by atoms with Crippen LogP contribution < -0.4 is 5.32 Å². The number of aliphatic hydroxyl groups is 1. The van der Waals surface area contributed by atoms with Crippen molar-refractivity contribution >= 4 is 11.9 Å². The molecule has 23 heavy (non-hydrogen) atoms. The Balaban J connectivity index is 1.78. The first-order valence-electron chi connectivity index (χ1n) is 8.28. The van der Waals surface area contributed by atoms with Gasteiger partial charge in [-0.2, -0.15) is 0 Å². The van der Waals surface area contributed by atoms with Crippen molar-refractivity contribution in [1.29, 1.82) is 0 Å². The van der Waals surface area contributed by atoms with Gasteiger partial charge < -0.3 is 15.2 Å². The number of amides is 1. The fourth-order valence-electron chi connectivity index (χ4n) is 2.81. The molecule has 5 heteroatoms. The van der Waals surface area contributed by atoms with E-state index in [4.69, 9.17) is 9.84 Å². The molecule has 0 unspecified atom stereocenters. The number of hydrogen-bond donors (Lipinski definition) is 2. The highest BCUT2D eigenvalue weighted by Gasteiger charge is 2.20. The standard InChI is InChI=1S/C18H25NO4/c1-13(17(21)19-11-14-5-3-2-4-6-14)23-18(22)16-9-7-15(12-20)8-10-16/h7-10,13-14,20H,2-6,11-12H2,1H3,(H,19,21)/t13-/m1/s1. The van der Waals surface area contributed by atoms with Crippen LogP contribution in [0.4, 0.5) is 0 Å². The van der Waals surface area contributed by atoms with Gasteiger partial charge in [0.05, 0.1) is 12.2 Å². The third-order valence-electron chi connectivity index (χ3n) is 4.31. The number of benzene rings is 1. The van der Waals surface area contributed by atoms with Gasteiger partial charge in [0.1, 0.15) is 0 Å². The Morgan fingerprint density at radius 2 is 1.87 bits per heavy atom. The zero-order valence-electron chi connectivity index (χ0n) is 13.6. The number of nitrogens with one attached hydrogen (secondary N) is 1. The maximum atomic E-state index is 12.0. The van der Waals surface area contributed by atoms with Crippen molar-refractivity contribution in [1.82, 2.24) is 5.32 Å². The van der Waals surface area contributed by atoms with Gasteiger partial charge in [-0.15, -0.1) is 0 Å². The lowest BCUT2D eigenvalue weighted by Gasteiger charge is -2.22. The second-order valence-electron chi connectivity index (χ2n) is 6.15. The van der Waals surface area contributed by atoms with Crippen LogP contribution in [0.25, 0.3) is 0 Å². The lowest BCUT2D eigenvalue weighted by Crippen LogP contribution is -2.38. The molecule has 0 heterocycles. The minimum Gasteiger partial charge on any atom is -0.449 e. The van der Waals surface area contributed by atoms with Gasteiger partial charge in [-0.25, -0.2) is 4.79 Å². The van der Waals surface area contributed by atoms with E-state index in [1.54, 1.807) is 31.2 Å². The van der Waals surface area contributed by atoms with Gasteiger partial charge in [0.25, 0.3) is 5.91 Å². The maximum Gasteiger partial charge on any atom is 0.338 e. The van der Waals surface area contributed by atoms with Crippen LogP contribution in [0.1, 0.15) is 54.9 Å². The van der Waals surface area contributed by atoms with E-state index in [0.29, 0.717) is 18.0 Å². The number of ether oxygens (including phenoxy) is 1. The quantitative estimate of drug-likeness (QED) is 0.790. The molecule has 1 atom stereocenters. The van der Waals surface area contributed by atoms with E-state index in [0.717, 1.165) is 18.4 Å². The average Bonchev–Trinajstić information content (AvgIpc) is 2.60. The van der Waals surface area contributed by atoms with E-state index in [-0.39, 0.29) is 12.5 Å². The number of esters is 1. The van der Waals surface area contributed by atoms with Gasteiger partial charge in [0, 0.05) is 6.54 Å². The highest BCUT2D eigenvalue weighted by atomic mass is 16.5. The van der Waals surface area contributed by atoms with Crippen LogP contribution in [0.15, 0.2) is 24.3 Å². The van der Waals surface area contributed by atoms with E-state index in [1.165, 1.54) is 19.3 Å². The number of carbonyl (C=O) groups is 2. The lowest BCUT2D eigenvalue weighted by molar-refractivity contribution is -0.129. The molecular formula is C18H25NO4. The van der Waals surface area contributed by atoms with Crippen molar-refractivity contribution in [2.45, 2.75) is 51.7 Å². The Morgan fingerprint density at radius 3 is 2.48 bits per heavy atom. The summed E-state index contributed by atoms with van der Waals surface area (Å²) in [6.07, 6.45) is 5.25. The summed E-state index contributed by atoms with van der Waals surface area (Å²) in [6.45, 7) is 2.16. The topological polar surface area (TPSA) is 75.6 Å². The molecular weight excluding hydrogens is 294 g/mol. The van der Waals surface area contributed by atoms with Gasteiger partial charge in [-0.3, -0.25) is 4.79 Å². The minimum atomic E-state index is -0.816. The van der Waals surface area contributed by atoms with Crippen LogP contribution >= 0.6 is 0 Å². The number of aliphatic hydroxyl groups excluding tert-OH is 1. The summed E-state index contributed by atoms with van der Waals surface area (Å²) >= 11 is 0. The Morgan fingerprint density at radius 1 is 1.22 bits per heavy atom. The molecule has 126 valence electrons. The summed E-state index contributed by atoms with van der Waals surface area (Å²) in [5.74, 6) is -0.243. The summed E-state index contributed by atoms with van der Waals surface area (Å²) < 4.78 is 5.20. The first-order valence-corrected chi connectivity index (χ1v) is 8.28. The van der Waals surface area contributed by atoms with Crippen LogP contribution in [0.3, 0.4) is 0 Å². The second kappa shape index (κ2) is 8.67. The third-order valence-corrected chi connectivity index (χ3v) is 4.31. The highest BCUT2D eigenvalue weighted by molar-refractivity contribution is 5.92. The van der Waals surface area contributed by atoms with Crippen molar-refractivity contribution in [3.63, 3.8) is 0 Å². The van der Waals surface area contributed by atoms with Gasteiger partial charge in [0.2, 0.25) is 0 Å². The number of carbonyl (C=O) groups excluding carboxylic acids is 2. The Kier molecular flexibility index (Phi) is 6.59. The zero-order valence-corrected chi connectivity index (χ0v) is 13.6. The predicted molar refractivity (Wildman–Crippen MR) is 86.8 cm³/mol. The summed E-state index contributed by atoms with van der Waals surface area (Å²) in [4.78, 5) is 24.0. The molecule has 1 aromatic rings. The Labute approximate surface area is 137 Å². The highest BCUT2D eigenvalue weighted by Crippen LogP contribution is 2.22. The molecule has 5 nitrogen and oxygen atoms in total. The fourth-order valence-corrected chi connectivity index (χ4v) is 2.81. The van der Waals surface area contributed by atoms with Gasteiger partial charge in [-0.1, -0.05) is 31.4 Å². The van der Waals surface area contributed by atoms with Gasteiger partial charge >= 0.3 is 5.97 Å². The van der Waals surface area contributed by atoms with Crippen LogP contribution in [-0.4, -0.2) is 29.6 Å². The van der Waals surface area contributed by atoms with Crippen LogP contribution in [0.2, 0.25) is 0 Å². The zero-order chi connectivity index (χ0) is 16.7. The molecule has 2 N–H and O–H groups in total. The molecule has 1 aliphatic rings. The average molecular weight is 319 g/mol. The van der Waals surface area contributed by atoms with E-state index < -0.39 is 12.1 Å². The maximum absolute atomic E-state index is 12.0. The first kappa shape index (κ1) is 17.5. The monoisotopic (exact) mass is 319 g/mol. The van der Waals surface area contributed by atoms with E-state index >= 15 is 0 Å². The molecule has 1 aromatic carbocycles. The molecule has 0 saturated heterocycles. The molecule has 2 rings (SSSR count). The lowest BCUT2D eigenvalue weighted by atomic mass is 9.89. The molecule has 1 aliphatic carbocycles.